The molecule has 1 aromatic carbocycles. The third-order valence-electron chi connectivity index (χ3n) is 3.32. The van der Waals surface area contributed by atoms with Crippen LogP contribution in [-0.4, -0.2) is 27.2 Å². The van der Waals surface area contributed by atoms with Gasteiger partial charge in [0.05, 0.1) is 13.2 Å². The second kappa shape index (κ2) is 5.87. The molecule has 0 spiro atoms. The molecular weight excluding hydrogens is 286 g/mol. The Morgan fingerprint density at radius 2 is 2.27 bits per heavy atom. The van der Waals surface area contributed by atoms with Gasteiger partial charge in [-0.2, -0.15) is 0 Å². The molecule has 3 rings (SSSR count). The Hall–Kier alpha value is -2.85. The molecule has 0 fully saturated rings. The average Bonchev–Trinajstić information content (AvgIpc) is 2.97. The first-order valence-corrected chi connectivity index (χ1v) is 6.67. The molecule has 0 aliphatic carbocycles. The van der Waals surface area contributed by atoms with Crippen molar-refractivity contribution in [1.82, 2.24) is 9.55 Å². The summed E-state index contributed by atoms with van der Waals surface area (Å²) in [7, 11) is 0. The minimum absolute atomic E-state index is 0.186. The molecule has 1 aliphatic heterocycles. The van der Waals surface area contributed by atoms with Crippen molar-refractivity contribution in [1.29, 1.82) is 0 Å². The number of nitro groups is 1. The number of hydrogen-bond acceptors (Lipinski definition) is 5. The van der Waals surface area contributed by atoms with Crippen LogP contribution in [0.15, 0.2) is 30.5 Å². The first kappa shape index (κ1) is 14.1. The minimum Gasteiger partial charge on any atom is -0.443 e. The lowest BCUT2D eigenvalue weighted by atomic mass is 10.1. The van der Waals surface area contributed by atoms with Crippen LogP contribution < -0.4 is 4.74 Å². The van der Waals surface area contributed by atoms with Crippen molar-refractivity contribution in [3.63, 3.8) is 0 Å². The molecule has 0 amide bonds. The van der Waals surface area contributed by atoms with Crippen LogP contribution in [0.5, 0.6) is 6.01 Å². The van der Waals surface area contributed by atoms with E-state index in [0.717, 1.165) is 11.1 Å². The monoisotopic (exact) mass is 299 g/mol. The number of nitrogens with zero attached hydrogens (tertiary/aromatic N) is 3. The molecule has 2 heterocycles. The van der Waals surface area contributed by atoms with E-state index in [9.17, 15) is 10.1 Å². The van der Waals surface area contributed by atoms with Crippen LogP contribution in [0.25, 0.3) is 0 Å². The molecule has 7 heteroatoms. The molecule has 0 bridgehead atoms. The van der Waals surface area contributed by atoms with E-state index in [1.54, 1.807) is 4.57 Å². The van der Waals surface area contributed by atoms with Crippen molar-refractivity contribution in [2.75, 3.05) is 6.61 Å². The maximum absolute atomic E-state index is 10.7. The Kier molecular flexibility index (Phi) is 3.76. The van der Waals surface area contributed by atoms with Crippen LogP contribution in [0.1, 0.15) is 11.1 Å². The number of terminal acetylenes is 1. The van der Waals surface area contributed by atoms with Crippen molar-refractivity contribution in [2.24, 2.45) is 0 Å². The highest BCUT2D eigenvalue weighted by Gasteiger charge is 2.28. The van der Waals surface area contributed by atoms with Gasteiger partial charge < -0.3 is 19.6 Å². The van der Waals surface area contributed by atoms with Gasteiger partial charge in [0.15, 0.2) is 0 Å². The summed E-state index contributed by atoms with van der Waals surface area (Å²) < 4.78 is 12.8. The quantitative estimate of drug-likeness (QED) is 0.488. The number of fused-ring (bicyclic) bond motifs is 1. The average molecular weight is 299 g/mol. The van der Waals surface area contributed by atoms with E-state index in [-0.39, 0.29) is 17.9 Å². The van der Waals surface area contributed by atoms with Crippen LogP contribution in [0.3, 0.4) is 0 Å². The van der Waals surface area contributed by atoms with Gasteiger partial charge in [-0.3, -0.25) is 4.57 Å². The zero-order chi connectivity index (χ0) is 15.5. The predicted octanol–water partition coefficient (Wildman–Crippen LogP) is 1.75. The number of ether oxygens (including phenoxy) is 2. The molecule has 0 N–H and O–H groups in total. The Bertz CT molecular complexity index is 730. The second-order valence-corrected chi connectivity index (χ2v) is 4.88. The van der Waals surface area contributed by atoms with Crippen molar-refractivity contribution >= 4 is 5.82 Å². The van der Waals surface area contributed by atoms with Crippen molar-refractivity contribution in [3.05, 3.63) is 51.7 Å². The van der Waals surface area contributed by atoms with E-state index in [2.05, 4.69) is 10.9 Å². The van der Waals surface area contributed by atoms with Gasteiger partial charge in [-0.25, -0.2) is 0 Å². The van der Waals surface area contributed by atoms with Crippen LogP contribution >= 0.6 is 0 Å². The summed E-state index contributed by atoms with van der Waals surface area (Å²) >= 11 is 0. The zero-order valence-electron chi connectivity index (χ0n) is 11.6. The third kappa shape index (κ3) is 2.92. The fourth-order valence-electron chi connectivity index (χ4n) is 2.17. The highest BCUT2D eigenvalue weighted by atomic mass is 16.6. The van der Waals surface area contributed by atoms with E-state index >= 15 is 0 Å². The summed E-state index contributed by atoms with van der Waals surface area (Å²) in [4.78, 5) is 13.9. The third-order valence-corrected chi connectivity index (χ3v) is 3.32. The summed E-state index contributed by atoms with van der Waals surface area (Å²) in [5.74, 6) is 2.33. The molecule has 7 nitrogen and oxygen atoms in total. The summed E-state index contributed by atoms with van der Waals surface area (Å²) in [5, 5.41) is 10.7. The molecular formula is C15H13N3O4. The lowest BCUT2D eigenvalue weighted by molar-refractivity contribution is -0.389. The first-order valence-electron chi connectivity index (χ1n) is 6.67. The van der Waals surface area contributed by atoms with Gasteiger partial charge in [-0.1, -0.05) is 18.1 Å². The van der Waals surface area contributed by atoms with Gasteiger partial charge in [0.1, 0.15) is 18.9 Å². The van der Waals surface area contributed by atoms with E-state index in [1.165, 1.54) is 6.20 Å². The highest BCUT2D eigenvalue weighted by molar-refractivity contribution is 5.33. The Morgan fingerprint density at radius 3 is 2.95 bits per heavy atom. The van der Waals surface area contributed by atoms with Crippen molar-refractivity contribution < 1.29 is 14.4 Å². The van der Waals surface area contributed by atoms with E-state index in [1.807, 2.05) is 24.3 Å². The summed E-state index contributed by atoms with van der Waals surface area (Å²) in [6, 6.07) is 7.78. The van der Waals surface area contributed by atoms with Crippen molar-refractivity contribution in [2.45, 2.75) is 19.3 Å². The molecule has 2 aromatic rings. The number of hydrogen-bond donors (Lipinski definition) is 0. The molecule has 0 unspecified atom stereocenters. The number of imidazole rings is 1. The van der Waals surface area contributed by atoms with Crippen LogP contribution in [0, 0.1) is 22.5 Å². The Balaban J connectivity index is 1.60. The number of benzene rings is 1. The summed E-state index contributed by atoms with van der Waals surface area (Å²) in [6.45, 7) is 1.21. The predicted molar refractivity (Wildman–Crippen MR) is 77.3 cm³/mol. The fourth-order valence-corrected chi connectivity index (χ4v) is 2.17. The Morgan fingerprint density at radius 1 is 1.50 bits per heavy atom. The molecule has 1 aliphatic rings. The molecule has 0 saturated heterocycles. The van der Waals surface area contributed by atoms with Crippen LogP contribution in [0.2, 0.25) is 0 Å². The van der Waals surface area contributed by atoms with Crippen molar-refractivity contribution in [3.8, 4) is 18.4 Å². The molecule has 1 atom stereocenters. The molecule has 112 valence electrons. The maximum Gasteiger partial charge on any atom is 0.414 e. The number of aromatic nitrogens is 2. The SMILES string of the molecule is C#Cc1ccc(CO[C@@H]2COc3nc([N+](=O)[O-])cn3C2)cc1. The molecule has 0 radical (unpaired) electrons. The van der Waals surface area contributed by atoms with Gasteiger partial charge in [0, 0.05) is 10.5 Å². The smallest absolute Gasteiger partial charge is 0.414 e. The summed E-state index contributed by atoms with van der Waals surface area (Å²) in [6.07, 6.45) is 6.47. The standard InChI is InChI=1S/C15H13N3O4/c1-2-11-3-5-12(6-4-11)9-21-13-7-17-8-14(18(19)20)16-15(17)22-10-13/h1,3-6,8,13H,7,9-10H2/t13-/m0/s1. The second-order valence-electron chi connectivity index (χ2n) is 4.88. The topological polar surface area (TPSA) is 79.4 Å². The molecule has 0 saturated carbocycles. The lowest BCUT2D eigenvalue weighted by Gasteiger charge is -2.22. The summed E-state index contributed by atoms with van der Waals surface area (Å²) in [5.41, 5.74) is 1.82. The van der Waals surface area contributed by atoms with Crippen LogP contribution in [-0.2, 0) is 17.9 Å². The lowest BCUT2D eigenvalue weighted by Crippen LogP contribution is -2.32. The highest BCUT2D eigenvalue weighted by Crippen LogP contribution is 2.22. The maximum atomic E-state index is 10.7. The number of rotatable bonds is 4. The molecule has 22 heavy (non-hydrogen) atoms. The van der Waals surface area contributed by atoms with Gasteiger partial charge in [-0.05, 0) is 22.6 Å². The first-order chi connectivity index (χ1) is 10.7. The van der Waals surface area contributed by atoms with Gasteiger partial charge in [-0.15, -0.1) is 6.42 Å². The van der Waals surface area contributed by atoms with Gasteiger partial charge >= 0.3 is 11.8 Å². The normalized spacial score (nSPS) is 16.4. The van der Waals surface area contributed by atoms with E-state index < -0.39 is 4.92 Å². The van der Waals surface area contributed by atoms with E-state index in [0.29, 0.717) is 19.8 Å². The Labute approximate surface area is 126 Å². The van der Waals surface area contributed by atoms with Gasteiger partial charge in [0.2, 0.25) is 0 Å². The fraction of sp³-hybridized carbons (Fsp3) is 0.267. The van der Waals surface area contributed by atoms with Gasteiger partial charge in [0.25, 0.3) is 0 Å². The molecule has 1 aromatic heterocycles. The minimum atomic E-state index is -0.544. The largest absolute Gasteiger partial charge is 0.443 e. The van der Waals surface area contributed by atoms with E-state index in [4.69, 9.17) is 15.9 Å². The van der Waals surface area contributed by atoms with Crippen LogP contribution in [0.4, 0.5) is 5.82 Å². The zero-order valence-corrected chi connectivity index (χ0v) is 11.6.